The molecule has 1 rings (SSSR count). The van der Waals surface area contributed by atoms with E-state index in [0.29, 0.717) is 6.42 Å². The minimum Gasteiger partial charge on any atom is -0.274 e. The molecule has 0 bridgehead atoms. The number of allylic oxidation sites excluding steroid dienone is 2. The van der Waals surface area contributed by atoms with E-state index in [0.717, 1.165) is 19.3 Å². The van der Waals surface area contributed by atoms with Crippen molar-refractivity contribution >= 4 is 11.8 Å². The highest BCUT2D eigenvalue weighted by Gasteiger charge is 2.35. The van der Waals surface area contributed by atoms with Crippen LogP contribution in [0.25, 0.3) is 0 Å². The summed E-state index contributed by atoms with van der Waals surface area (Å²) in [6.45, 7) is 4.50. The molecule has 0 spiro atoms. The molecule has 1 aliphatic heterocycles. The molecule has 31 heavy (non-hydrogen) atoms. The fourth-order valence-corrected chi connectivity index (χ4v) is 4.21. The molecule has 178 valence electrons. The predicted molar refractivity (Wildman–Crippen MR) is 133 cm³/mol. The topological polar surface area (TPSA) is 37.4 Å². The molecule has 1 atom stereocenters. The molecule has 3 heteroatoms. The first-order valence-electron chi connectivity index (χ1n) is 13.4. The lowest BCUT2D eigenvalue weighted by atomic mass is 10.0. The van der Waals surface area contributed by atoms with Gasteiger partial charge in [-0.3, -0.25) is 14.5 Å². The molecular weight excluding hydrogens is 382 g/mol. The number of imide groups is 1. The third kappa shape index (κ3) is 13.6. The van der Waals surface area contributed by atoms with Gasteiger partial charge in [0.1, 0.15) is 0 Å². The molecule has 0 radical (unpaired) electrons. The summed E-state index contributed by atoms with van der Waals surface area (Å²) >= 11 is 0. The maximum Gasteiger partial charge on any atom is 0.240 e. The first-order valence-corrected chi connectivity index (χ1v) is 13.4. The Bertz CT molecular complexity index is 523. The summed E-state index contributed by atoms with van der Waals surface area (Å²) in [5.41, 5.74) is 0. The molecule has 3 nitrogen and oxygen atoms in total. The molecule has 1 saturated heterocycles. The second kappa shape index (κ2) is 19.3. The number of hydrogen-bond acceptors (Lipinski definition) is 2. The van der Waals surface area contributed by atoms with Crippen LogP contribution in [0.1, 0.15) is 136 Å². The first kappa shape index (κ1) is 27.7. The Morgan fingerprint density at radius 1 is 0.677 bits per heavy atom. The van der Waals surface area contributed by atoms with Crippen LogP contribution in [0.15, 0.2) is 24.4 Å². The van der Waals surface area contributed by atoms with Gasteiger partial charge in [0.15, 0.2) is 0 Å². The molecule has 1 aliphatic rings. The standard InChI is InChI=1S/C28H49NO2/c1-3-5-7-9-11-13-15-17-19-21-23-26-25-27(30)29(28(26)31)24-22-20-18-16-14-12-10-8-6-4-2/h21-24,26H,3-20,25H2,1-2H3/b23-21+,24-22+. The van der Waals surface area contributed by atoms with Gasteiger partial charge in [0.2, 0.25) is 11.8 Å². The summed E-state index contributed by atoms with van der Waals surface area (Å²) in [7, 11) is 0. The van der Waals surface area contributed by atoms with Crippen LogP contribution in [0, 0.1) is 5.92 Å². The maximum absolute atomic E-state index is 12.5. The summed E-state index contributed by atoms with van der Waals surface area (Å²) in [5, 5.41) is 0. The zero-order valence-electron chi connectivity index (χ0n) is 20.6. The van der Waals surface area contributed by atoms with Crippen molar-refractivity contribution in [3.05, 3.63) is 24.4 Å². The van der Waals surface area contributed by atoms with Crippen LogP contribution in [-0.2, 0) is 9.59 Å². The lowest BCUT2D eigenvalue weighted by molar-refractivity contribution is -0.135. The second-order valence-corrected chi connectivity index (χ2v) is 9.25. The Labute approximate surface area is 192 Å². The van der Waals surface area contributed by atoms with E-state index >= 15 is 0 Å². The third-order valence-electron chi connectivity index (χ3n) is 6.29. The summed E-state index contributed by atoms with van der Waals surface area (Å²) in [6.07, 6.45) is 31.0. The highest BCUT2D eigenvalue weighted by molar-refractivity contribution is 6.05. The number of rotatable bonds is 20. The Balaban J connectivity index is 2.11. The van der Waals surface area contributed by atoms with Crippen LogP contribution in [0.4, 0.5) is 0 Å². The van der Waals surface area contributed by atoms with E-state index in [1.165, 1.54) is 101 Å². The van der Waals surface area contributed by atoms with Crippen LogP contribution < -0.4 is 0 Å². The zero-order chi connectivity index (χ0) is 22.6. The maximum atomic E-state index is 12.5. The number of unbranched alkanes of at least 4 members (excludes halogenated alkanes) is 16. The van der Waals surface area contributed by atoms with Crippen molar-refractivity contribution in [1.82, 2.24) is 4.90 Å². The second-order valence-electron chi connectivity index (χ2n) is 9.25. The largest absolute Gasteiger partial charge is 0.274 e. The smallest absolute Gasteiger partial charge is 0.240 e. The Kier molecular flexibility index (Phi) is 17.2. The van der Waals surface area contributed by atoms with Crippen molar-refractivity contribution in [3.63, 3.8) is 0 Å². The number of carbonyl (C=O) groups excluding carboxylic acids is 2. The SMILES string of the molecule is CCCCCCCCCC/C=C/C1CC(=O)N(/C=C/CCCCCCCCCC)C1=O. The van der Waals surface area contributed by atoms with Crippen LogP contribution in [0.5, 0.6) is 0 Å². The van der Waals surface area contributed by atoms with Crippen molar-refractivity contribution in [2.24, 2.45) is 5.92 Å². The third-order valence-corrected chi connectivity index (χ3v) is 6.29. The molecule has 0 aromatic rings. The first-order chi connectivity index (χ1) is 15.2. The van der Waals surface area contributed by atoms with Gasteiger partial charge >= 0.3 is 0 Å². The molecule has 2 amide bonds. The fraction of sp³-hybridized carbons (Fsp3) is 0.786. The van der Waals surface area contributed by atoms with Crippen molar-refractivity contribution in [2.45, 2.75) is 136 Å². The molecule has 0 N–H and O–H groups in total. The van der Waals surface area contributed by atoms with E-state index in [4.69, 9.17) is 0 Å². The zero-order valence-corrected chi connectivity index (χ0v) is 20.6. The van der Waals surface area contributed by atoms with Gasteiger partial charge < -0.3 is 0 Å². The van der Waals surface area contributed by atoms with E-state index in [1.54, 1.807) is 6.20 Å². The van der Waals surface area contributed by atoms with Crippen LogP contribution >= 0.6 is 0 Å². The van der Waals surface area contributed by atoms with Gasteiger partial charge in [-0.2, -0.15) is 0 Å². The van der Waals surface area contributed by atoms with Gasteiger partial charge in [0.25, 0.3) is 0 Å². The number of likely N-dealkylation sites (tertiary alicyclic amines) is 1. The van der Waals surface area contributed by atoms with Gasteiger partial charge in [-0.1, -0.05) is 122 Å². The van der Waals surface area contributed by atoms with Gasteiger partial charge in [-0.15, -0.1) is 0 Å². The lowest BCUT2D eigenvalue weighted by Gasteiger charge is -2.08. The fourth-order valence-electron chi connectivity index (χ4n) is 4.21. The van der Waals surface area contributed by atoms with E-state index in [-0.39, 0.29) is 17.7 Å². The number of carbonyl (C=O) groups is 2. The van der Waals surface area contributed by atoms with E-state index in [9.17, 15) is 9.59 Å². The van der Waals surface area contributed by atoms with Crippen LogP contribution in [0.2, 0.25) is 0 Å². The van der Waals surface area contributed by atoms with Gasteiger partial charge in [0.05, 0.1) is 5.92 Å². The molecule has 1 unspecified atom stereocenters. The Morgan fingerprint density at radius 3 is 1.65 bits per heavy atom. The van der Waals surface area contributed by atoms with Crippen molar-refractivity contribution in [3.8, 4) is 0 Å². The van der Waals surface area contributed by atoms with Crippen molar-refractivity contribution in [1.29, 1.82) is 0 Å². The van der Waals surface area contributed by atoms with Gasteiger partial charge in [0, 0.05) is 12.6 Å². The minimum atomic E-state index is -0.255. The predicted octanol–water partition coefficient (Wildman–Crippen LogP) is 8.49. The number of nitrogens with zero attached hydrogens (tertiary/aromatic N) is 1. The summed E-state index contributed by atoms with van der Waals surface area (Å²) in [5.74, 6) is -0.363. The summed E-state index contributed by atoms with van der Waals surface area (Å²) < 4.78 is 0. The van der Waals surface area contributed by atoms with E-state index in [2.05, 4.69) is 19.9 Å². The van der Waals surface area contributed by atoms with Gasteiger partial charge in [-0.25, -0.2) is 0 Å². The Morgan fingerprint density at radius 2 is 1.13 bits per heavy atom. The average Bonchev–Trinajstić information content (AvgIpc) is 3.03. The van der Waals surface area contributed by atoms with Gasteiger partial charge in [-0.05, 0) is 25.7 Å². The molecular formula is C28H49NO2. The molecule has 0 aromatic heterocycles. The molecule has 0 aromatic carbocycles. The quantitative estimate of drug-likeness (QED) is 0.110. The monoisotopic (exact) mass is 431 g/mol. The molecule has 1 fully saturated rings. The number of amides is 2. The molecule has 1 heterocycles. The molecule has 0 aliphatic carbocycles. The average molecular weight is 432 g/mol. The van der Waals surface area contributed by atoms with Crippen LogP contribution in [-0.4, -0.2) is 16.7 Å². The normalized spacial score (nSPS) is 17.1. The van der Waals surface area contributed by atoms with Crippen molar-refractivity contribution < 1.29 is 9.59 Å². The van der Waals surface area contributed by atoms with Crippen molar-refractivity contribution in [2.75, 3.05) is 0 Å². The molecule has 0 saturated carbocycles. The highest BCUT2D eigenvalue weighted by atomic mass is 16.2. The highest BCUT2D eigenvalue weighted by Crippen LogP contribution is 2.22. The Hall–Kier alpha value is -1.38. The minimum absolute atomic E-state index is 0.0515. The van der Waals surface area contributed by atoms with Crippen LogP contribution in [0.3, 0.4) is 0 Å². The van der Waals surface area contributed by atoms with E-state index < -0.39 is 0 Å². The number of hydrogen-bond donors (Lipinski definition) is 0. The summed E-state index contributed by atoms with van der Waals surface area (Å²) in [6, 6.07) is 0. The van der Waals surface area contributed by atoms with E-state index in [1.807, 2.05) is 12.2 Å². The lowest BCUT2D eigenvalue weighted by Crippen LogP contribution is -2.24. The summed E-state index contributed by atoms with van der Waals surface area (Å²) in [4.78, 5) is 26.0.